The van der Waals surface area contributed by atoms with Crippen molar-refractivity contribution in [3.05, 3.63) is 68.2 Å². The molecule has 2 aromatic carbocycles. The van der Waals surface area contributed by atoms with Crippen LogP contribution in [0, 0.1) is 10.1 Å². The SMILES string of the molecule is O=C(/C=C/c1ccc(Cl)c([N+](=O)[O-])c1)Nc1ccc(OC(F)F)c(Cl)c1. The fourth-order valence-corrected chi connectivity index (χ4v) is 2.31. The minimum Gasteiger partial charge on any atom is -0.433 e. The number of anilines is 1. The van der Waals surface area contributed by atoms with E-state index in [-0.39, 0.29) is 27.2 Å². The Kier molecular flexibility index (Phi) is 6.48. The number of halogens is 4. The molecular weight excluding hydrogens is 393 g/mol. The number of benzene rings is 2. The second-order valence-electron chi connectivity index (χ2n) is 4.81. The molecule has 2 rings (SSSR count). The van der Waals surface area contributed by atoms with E-state index in [2.05, 4.69) is 10.1 Å². The van der Waals surface area contributed by atoms with Gasteiger partial charge in [-0.15, -0.1) is 0 Å². The molecule has 0 radical (unpaired) electrons. The molecule has 0 saturated heterocycles. The number of ether oxygens (including phenoxy) is 1. The normalized spacial score (nSPS) is 11.0. The molecule has 1 amide bonds. The molecule has 0 unspecified atom stereocenters. The maximum atomic E-state index is 12.2. The monoisotopic (exact) mass is 402 g/mol. The zero-order valence-corrected chi connectivity index (χ0v) is 14.3. The second-order valence-corrected chi connectivity index (χ2v) is 5.63. The summed E-state index contributed by atoms with van der Waals surface area (Å²) in [4.78, 5) is 22.1. The number of alkyl halides is 2. The number of nitro benzene ring substituents is 1. The third-order valence-electron chi connectivity index (χ3n) is 3.01. The van der Waals surface area contributed by atoms with Gasteiger partial charge in [-0.3, -0.25) is 14.9 Å². The Morgan fingerprint density at radius 3 is 2.54 bits per heavy atom. The second kappa shape index (κ2) is 8.59. The summed E-state index contributed by atoms with van der Waals surface area (Å²) in [5, 5.41) is 13.2. The number of carbonyl (C=O) groups is 1. The van der Waals surface area contributed by atoms with E-state index in [1.807, 2.05) is 0 Å². The lowest BCUT2D eigenvalue weighted by atomic mass is 10.2. The zero-order chi connectivity index (χ0) is 19.3. The van der Waals surface area contributed by atoms with Crippen LogP contribution in [-0.2, 0) is 4.79 Å². The molecule has 0 heterocycles. The molecule has 6 nitrogen and oxygen atoms in total. The third-order valence-corrected chi connectivity index (χ3v) is 3.62. The molecule has 0 aliphatic carbocycles. The fourth-order valence-electron chi connectivity index (χ4n) is 1.90. The van der Waals surface area contributed by atoms with Gasteiger partial charge in [0.05, 0.1) is 9.95 Å². The van der Waals surface area contributed by atoms with Gasteiger partial charge in [0, 0.05) is 17.8 Å². The summed E-state index contributed by atoms with van der Waals surface area (Å²) in [5.74, 6) is -0.773. The van der Waals surface area contributed by atoms with E-state index in [1.165, 1.54) is 42.5 Å². The Balaban J connectivity index is 2.07. The van der Waals surface area contributed by atoms with E-state index >= 15 is 0 Å². The molecule has 2 aromatic rings. The molecule has 0 aliphatic rings. The molecule has 0 aliphatic heterocycles. The minimum absolute atomic E-state index is 0.0163. The van der Waals surface area contributed by atoms with E-state index in [9.17, 15) is 23.7 Å². The van der Waals surface area contributed by atoms with Crippen molar-refractivity contribution in [3.8, 4) is 5.75 Å². The smallest absolute Gasteiger partial charge is 0.387 e. The maximum absolute atomic E-state index is 12.2. The summed E-state index contributed by atoms with van der Waals surface area (Å²) in [5.41, 5.74) is 0.374. The van der Waals surface area contributed by atoms with Crippen molar-refractivity contribution >= 4 is 46.6 Å². The van der Waals surface area contributed by atoms with Gasteiger partial charge in [0.1, 0.15) is 10.8 Å². The lowest BCUT2D eigenvalue weighted by Gasteiger charge is -2.08. The van der Waals surface area contributed by atoms with Crippen molar-refractivity contribution in [1.29, 1.82) is 0 Å². The van der Waals surface area contributed by atoms with Gasteiger partial charge in [0.15, 0.2) is 0 Å². The van der Waals surface area contributed by atoms with Crippen LogP contribution in [0.4, 0.5) is 20.2 Å². The summed E-state index contributed by atoms with van der Waals surface area (Å²) < 4.78 is 28.5. The molecule has 10 heteroatoms. The van der Waals surface area contributed by atoms with E-state index < -0.39 is 17.4 Å². The molecule has 0 aromatic heterocycles. The number of nitrogens with zero attached hydrogens (tertiary/aromatic N) is 1. The summed E-state index contributed by atoms with van der Waals surface area (Å²) in [6.45, 7) is -3.01. The van der Waals surface area contributed by atoms with E-state index in [0.29, 0.717) is 5.56 Å². The number of carbonyl (C=O) groups excluding carboxylic acids is 1. The summed E-state index contributed by atoms with van der Waals surface area (Å²) >= 11 is 11.5. The van der Waals surface area contributed by atoms with Crippen molar-refractivity contribution in [2.45, 2.75) is 6.61 Å². The highest BCUT2D eigenvalue weighted by Gasteiger charge is 2.12. The molecule has 136 valence electrons. The van der Waals surface area contributed by atoms with Crippen LogP contribution in [0.2, 0.25) is 10.0 Å². The van der Waals surface area contributed by atoms with Gasteiger partial charge < -0.3 is 10.1 Å². The maximum Gasteiger partial charge on any atom is 0.387 e. The Morgan fingerprint density at radius 2 is 1.92 bits per heavy atom. The van der Waals surface area contributed by atoms with Gasteiger partial charge in [-0.2, -0.15) is 8.78 Å². The van der Waals surface area contributed by atoms with Crippen LogP contribution >= 0.6 is 23.2 Å². The predicted octanol–water partition coefficient (Wildman–Crippen LogP) is 5.15. The Labute approximate surface area is 156 Å². The van der Waals surface area contributed by atoms with Gasteiger partial charge in [-0.25, -0.2) is 0 Å². The Bertz CT molecular complexity index is 875. The van der Waals surface area contributed by atoms with Crippen LogP contribution < -0.4 is 10.1 Å². The van der Waals surface area contributed by atoms with Gasteiger partial charge in [-0.1, -0.05) is 29.3 Å². The van der Waals surface area contributed by atoms with Crippen LogP contribution in [0.1, 0.15) is 5.56 Å². The van der Waals surface area contributed by atoms with Crippen LogP contribution in [0.3, 0.4) is 0 Å². The van der Waals surface area contributed by atoms with Crippen LogP contribution in [0.5, 0.6) is 5.75 Å². The number of rotatable bonds is 6. The number of amides is 1. The fraction of sp³-hybridized carbons (Fsp3) is 0.0625. The largest absolute Gasteiger partial charge is 0.433 e. The van der Waals surface area contributed by atoms with Crippen LogP contribution in [0.15, 0.2) is 42.5 Å². The number of hydrogen-bond donors (Lipinski definition) is 1. The van der Waals surface area contributed by atoms with Crippen molar-refractivity contribution in [2.75, 3.05) is 5.32 Å². The van der Waals surface area contributed by atoms with Gasteiger partial charge in [-0.05, 0) is 35.9 Å². The molecule has 0 fully saturated rings. The first kappa shape index (κ1) is 19.6. The molecule has 1 N–H and O–H groups in total. The molecule has 0 bridgehead atoms. The zero-order valence-electron chi connectivity index (χ0n) is 12.8. The van der Waals surface area contributed by atoms with Crippen LogP contribution in [0.25, 0.3) is 6.08 Å². The van der Waals surface area contributed by atoms with E-state index in [4.69, 9.17) is 23.2 Å². The lowest BCUT2D eigenvalue weighted by molar-refractivity contribution is -0.384. The van der Waals surface area contributed by atoms with E-state index in [1.54, 1.807) is 0 Å². The standard InChI is InChI=1S/C16H10Cl2F2N2O4/c17-11-4-1-9(7-13(11)22(24)25)2-6-15(23)21-10-3-5-14(12(18)8-10)26-16(19)20/h1-8,16H,(H,21,23)/b6-2+. The average molecular weight is 403 g/mol. The lowest BCUT2D eigenvalue weighted by Crippen LogP contribution is -2.08. The Morgan fingerprint density at radius 1 is 1.19 bits per heavy atom. The quantitative estimate of drug-likeness (QED) is 0.411. The first-order valence-corrected chi connectivity index (χ1v) is 7.69. The summed E-state index contributed by atoms with van der Waals surface area (Å²) in [6, 6.07) is 7.85. The molecule has 0 atom stereocenters. The number of hydrogen-bond acceptors (Lipinski definition) is 4. The topological polar surface area (TPSA) is 81.5 Å². The van der Waals surface area contributed by atoms with Crippen molar-refractivity contribution in [1.82, 2.24) is 0 Å². The molecular formula is C16H10Cl2F2N2O4. The summed E-state index contributed by atoms with van der Waals surface area (Å²) in [7, 11) is 0. The van der Waals surface area contributed by atoms with Gasteiger partial charge in [0.2, 0.25) is 5.91 Å². The van der Waals surface area contributed by atoms with E-state index in [0.717, 1.165) is 6.08 Å². The summed E-state index contributed by atoms with van der Waals surface area (Å²) in [6.07, 6.45) is 2.50. The number of nitrogens with one attached hydrogen (secondary N) is 1. The highest BCUT2D eigenvalue weighted by Crippen LogP contribution is 2.29. The highest BCUT2D eigenvalue weighted by atomic mass is 35.5. The minimum atomic E-state index is -3.01. The third kappa shape index (κ3) is 5.40. The molecule has 26 heavy (non-hydrogen) atoms. The van der Waals surface area contributed by atoms with Crippen molar-refractivity contribution in [2.24, 2.45) is 0 Å². The van der Waals surface area contributed by atoms with Crippen molar-refractivity contribution in [3.63, 3.8) is 0 Å². The first-order valence-electron chi connectivity index (χ1n) is 6.93. The highest BCUT2D eigenvalue weighted by molar-refractivity contribution is 6.33. The van der Waals surface area contributed by atoms with Crippen LogP contribution in [-0.4, -0.2) is 17.4 Å². The number of nitro groups is 1. The first-order chi connectivity index (χ1) is 12.3. The van der Waals surface area contributed by atoms with Crippen molar-refractivity contribution < 1.29 is 23.2 Å². The molecule has 0 spiro atoms. The van der Waals surface area contributed by atoms with Gasteiger partial charge >= 0.3 is 6.61 Å². The predicted molar refractivity (Wildman–Crippen MR) is 93.9 cm³/mol. The Hall–Kier alpha value is -2.71. The molecule has 0 saturated carbocycles. The van der Waals surface area contributed by atoms with Gasteiger partial charge in [0.25, 0.3) is 5.69 Å². The average Bonchev–Trinajstić information content (AvgIpc) is 2.56.